The second-order valence-corrected chi connectivity index (χ2v) is 7.22. The Morgan fingerprint density at radius 1 is 1.09 bits per heavy atom. The number of ether oxygens (including phenoxy) is 1. The van der Waals surface area contributed by atoms with Gasteiger partial charge in [0.15, 0.2) is 0 Å². The minimum atomic E-state index is -0.772. The molecule has 0 radical (unpaired) electrons. The van der Waals surface area contributed by atoms with Gasteiger partial charge in [0.05, 0.1) is 19.1 Å². The van der Waals surface area contributed by atoms with E-state index >= 15 is 0 Å². The Bertz CT molecular complexity index is 442. The van der Waals surface area contributed by atoms with E-state index in [9.17, 15) is 14.7 Å². The lowest BCUT2D eigenvalue weighted by Gasteiger charge is -2.44. The Kier molecular flexibility index (Phi) is 5.21. The Hall–Kier alpha value is -1.14. The molecule has 1 saturated carbocycles. The number of aliphatic carboxylic acids is 1. The van der Waals surface area contributed by atoms with Crippen molar-refractivity contribution in [1.82, 2.24) is 9.80 Å². The molecule has 0 aromatic heterocycles. The highest BCUT2D eigenvalue weighted by molar-refractivity contribution is 5.79. The molecule has 6 nitrogen and oxygen atoms in total. The highest BCUT2D eigenvalue weighted by Crippen LogP contribution is 2.39. The first-order valence-electron chi connectivity index (χ1n) is 8.94. The number of carbonyl (C=O) groups excluding carboxylic acids is 1. The quantitative estimate of drug-likeness (QED) is 0.845. The molecule has 3 aliphatic rings. The van der Waals surface area contributed by atoms with Crippen LogP contribution in [0.25, 0.3) is 0 Å². The number of nitrogens with zero attached hydrogens (tertiary/aromatic N) is 2. The summed E-state index contributed by atoms with van der Waals surface area (Å²) in [6, 6.07) is 0. The Labute approximate surface area is 137 Å². The number of amides is 1. The van der Waals surface area contributed by atoms with Crippen LogP contribution in [0.4, 0.5) is 0 Å². The fourth-order valence-electron chi connectivity index (χ4n) is 4.47. The first-order chi connectivity index (χ1) is 11.1. The summed E-state index contributed by atoms with van der Waals surface area (Å²) in [5.41, 5.74) is -0.0168. The van der Waals surface area contributed by atoms with Crippen LogP contribution < -0.4 is 0 Å². The minimum absolute atomic E-state index is 0.0168. The standard InChI is InChI=1S/C17H28N2O4/c20-15(18-7-3-4-14(13-18)16(21)22)12-17(5-1-2-6-17)19-8-10-23-11-9-19/h14H,1-13H2,(H,21,22). The Morgan fingerprint density at radius 3 is 2.43 bits per heavy atom. The fourth-order valence-corrected chi connectivity index (χ4v) is 4.47. The Morgan fingerprint density at radius 2 is 1.78 bits per heavy atom. The summed E-state index contributed by atoms with van der Waals surface area (Å²) in [6.07, 6.45) is 6.55. The summed E-state index contributed by atoms with van der Waals surface area (Å²) in [5.74, 6) is -1.02. The monoisotopic (exact) mass is 324 g/mol. The van der Waals surface area contributed by atoms with Gasteiger partial charge in [-0.2, -0.15) is 0 Å². The van der Waals surface area contributed by atoms with Gasteiger partial charge in [0.1, 0.15) is 0 Å². The van der Waals surface area contributed by atoms with Gasteiger partial charge in [0, 0.05) is 38.1 Å². The SMILES string of the molecule is O=C(O)C1CCCN(C(=O)CC2(N3CCOCC3)CCCC2)C1. The normalized spacial score (nSPS) is 28.7. The third kappa shape index (κ3) is 3.69. The Balaban J connectivity index is 1.65. The van der Waals surface area contributed by atoms with Crippen molar-refractivity contribution in [3.63, 3.8) is 0 Å². The molecule has 0 aromatic rings. The molecule has 1 atom stereocenters. The van der Waals surface area contributed by atoms with Gasteiger partial charge in [-0.25, -0.2) is 0 Å². The van der Waals surface area contributed by atoms with Gasteiger partial charge < -0.3 is 14.7 Å². The van der Waals surface area contributed by atoms with E-state index in [0.29, 0.717) is 25.9 Å². The second-order valence-electron chi connectivity index (χ2n) is 7.22. The molecule has 23 heavy (non-hydrogen) atoms. The predicted octanol–water partition coefficient (Wildman–Crippen LogP) is 1.34. The molecule has 0 spiro atoms. The lowest BCUT2D eigenvalue weighted by molar-refractivity contribution is -0.146. The highest BCUT2D eigenvalue weighted by atomic mass is 16.5. The minimum Gasteiger partial charge on any atom is -0.481 e. The molecule has 0 aromatic carbocycles. The van der Waals surface area contributed by atoms with Crippen LogP contribution in [0.3, 0.4) is 0 Å². The van der Waals surface area contributed by atoms with Crippen LogP contribution in [-0.4, -0.2) is 71.7 Å². The van der Waals surface area contributed by atoms with Crippen LogP contribution in [0.1, 0.15) is 44.9 Å². The number of morpholine rings is 1. The van der Waals surface area contributed by atoms with E-state index in [1.165, 1.54) is 12.8 Å². The van der Waals surface area contributed by atoms with Crippen molar-refractivity contribution in [3.8, 4) is 0 Å². The van der Waals surface area contributed by atoms with Crippen molar-refractivity contribution in [2.75, 3.05) is 39.4 Å². The number of piperidine rings is 1. The highest BCUT2D eigenvalue weighted by Gasteiger charge is 2.43. The number of likely N-dealkylation sites (tertiary alicyclic amines) is 1. The van der Waals surface area contributed by atoms with Crippen molar-refractivity contribution in [2.24, 2.45) is 5.92 Å². The van der Waals surface area contributed by atoms with Crippen molar-refractivity contribution in [2.45, 2.75) is 50.5 Å². The number of rotatable bonds is 4. The van der Waals surface area contributed by atoms with Gasteiger partial charge in [0.2, 0.25) is 5.91 Å². The van der Waals surface area contributed by atoms with Crippen LogP contribution in [-0.2, 0) is 14.3 Å². The molecular weight excluding hydrogens is 296 g/mol. The zero-order chi connectivity index (χ0) is 16.3. The third-order valence-electron chi connectivity index (χ3n) is 5.82. The first-order valence-corrected chi connectivity index (χ1v) is 8.94. The molecule has 3 fully saturated rings. The molecule has 1 amide bonds. The summed E-state index contributed by atoms with van der Waals surface area (Å²) < 4.78 is 5.46. The molecule has 3 rings (SSSR count). The molecule has 2 heterocycles. The third-order valence-corrected chi connectivity index (χ3v) is 5.82. The van der Waals surface area contributed by atoms with E-state index in [4.69, 9.17) is 4.74 Å². The summed E-state index contributed by atoms with van der Waals surface area (Å²) in [5, 5.41) is 9.22. The topological polar surface area (TPSA) is 70.1 Å². The summed E-state index contributed by atoms with van der Waals surface area (Å²) in [6.45, 7) is 4.41. The van der Waals surface area contributed by atoms with Crippen LogP contribution in [0.2, 0.25) is 0 Å². The van der Waals surface area contributed by atoms with E-state index in [1.807, 2.05) is 0 Å². The first kappa shape index (κ1) is 16.7. The zero-order valence-corrected chi connectivity index (χ0v) is 13.8. The molecule has 1 N–H and O–H groups in total. The van der Waals surface area contributed by atoms with Gasteiger partial charge in [-0.1, -0.05) is 12.8 Å². The number of hydrogen-bond donors (Lipinski definition) is 1. The van der Waals surface area contributed by atoms with Crippen LogP contribution in [0.15, 0.2) is 0 Å². The van der Waals surface area contributed by atoms with Crippen LogP contribution in [0.5, 0.6) is 0 Å². The van der Waals surface area contributed by atoms with E-state index in [2.05, 4.69) is 4.90 Å². The van der Waals surface area contributed by atoms with E-state index < -0.39 is 11.9 Å². The molecule has 2 saturated heterocycles. The summed E-state index contributed by atoms with van der Waals surface area (Å²) in [7, 11) is 0. The average molecular weight is 324 g/mol. The van der Waals surface area contributed by atoms with Crippen LogP contribution in [0, 0.1) is 5.92 Å². The molecule has 1 aliphatic carbocycles. The van der Waals surface area contributed by atoms with Crippen molar-refractivity contribution < 1.29 is 19.4 Å². The summed E-state index contributed by atoms with van der Waals surface area (Å²) in [4.78, 5) is 28.3. The smallest absolute Gasteiger partial charge is 0.308 e. The van der Waals surface area contributed by atoms with Gasteiger partial charge in [0.25, 0.3) is 0 Å². The molecule has 2 aliphatic heterocycles. The molecule has 130 valence electrons. The lowest BCUT2D eigenvalue weighted by atomic mass is 9.88. The van der Waals surface area contributed by atoms with Crippen molar-refractivity contribution in [3.05, 3.63) is 0 Å². The summed E-state index contributed by atoms with van der Waals surface area (Å²) >= 11 is 0. The fraction of sp³-hybridized carbons (Fsp3) is 0.882. The van der Waals surface area contributed by atoms with E-state index in [-0.39, 0.29) is 11.4 Å². The van der Waals surface area contributed by atoms with Crippen LogP contribution >= 0.6 is 0 Å². The maximum Gasteiger partial charge on any atom is 0.308 e. The molecule has 1 unspecified atom stereocenters. The average Bonchev–Trinajstić information content (AvgIpc) is 3.05. The van der Waals surface area contributed by atoms with Gasteiger partial charge in [-0.15, -0.1) is 0 Å². The van der Waals surface area contributed by atoms with Crippen molar-refractivity contribution >= 4 is 11.9 Å². The van der Waals surface area contributed by atoms with E-state index in [1.54, 1.807) is 4.90 Å². The maximum absolute atomic E-state index is 12.8. The second kappa shape index (κ2) is 7.18. The lowest BCUT2D eigenvalue weighted by Crippen LogP contribution is -2.55. The number of carboxylic acids is 1. The molecular formula is C17H28N2O4. The zero-order valence-electron chi connectivity index (χ0n) is 13.8. The van der Waals surface area contributed by atoms with Gasteiger partial charge in [-0.05, 0) is 25.7 Å². The van der Waals surface area contributed by atoms with Gasteiger partial charge in [-0.3, -0.25) is 14.5 Å². The largest absolute Gasteiger partial charge is 0.481 e. The number of carbonyl (C=O) groups is 2. The van der Waals surface area contributed by atoms with E-state index in [0.717, 1.165) is 45.6 Å². The number of carboxylic acid groups (broad SMARTS) is 1. The van der Waals surface area contributed by atoms with Crippen molar-refractivity contribution in [1.29, 1.82) is 0 Å². The number of hydrogen-bond acceptors (Lipinski definition) is 4. The molecule has 0 bridgehead atoms. The molecule has 6 heteroatoms. The van der Waals surface area contributed by atoms with Gasteiger partial charge >= 0.3 is 5.97 Å². The predicted molar refractivity (Wildman–Crippen MR) is 85.1 cm³/mol. The maximum atomic E-state index is 12.8.